The minimum atomic E-state index is -0.0732. The Morgan fingerprint density at radius 3 is 2.85 bits per heavy atom. The zero-order chi connectivity index (χ0) is 9.68. The van der Waals surface area contributed by atoms with Gasteiger partial charge in [-0.2, -0.15) is 0 Å². The summed E-state index contributed by atoms with van der Waals surface area (Å²) >= 11 is 5.75. The molecule has 72 valence electrons. The molecule has 0 amide bonds. The number of rotatable bonds is 4. The zero-order valence-corrected chi connectivity index (χ0v) is 8.04. The summed E-state index contributed by atoms with van der Waals surface area (Å²) in [4.78, 5) is 0. The van der Waals surface area contributed by atoms with Crippen LogP contribution in [0.25, 0.3) is 0 Å². The highest BCUT2D eigenvalue weighted by Crippen LogP contribution is 2.23. The number of hydrogen-bond donors (Lipinski definition) is 1. The standard InChI is InChI=1S/C9H11ClO3/c1-12-6-13-9-4-8(10)3-2-7(9)5-11/h2-4,11H,5-6H2,1H3. The van der Waals surface area contributed by atoms with Gasteiger partial charge in [-0.1, -0.05) is 17.7 Å². The Balaban J connectivity index is 2.81. The second-order valence-electron chi connectivity index (χ2n) is 2.46. The number of aliphatic hydroxyl groups excluding tert-OH is 1. The molecule has 1 rings (SSSR count). The van der Waals surface area contributed by atoms with Gasteiger partial charge in [-0.15, -0.1) is 0 Å². The first-order valence-corrected chi connectivity index (χ1v) is 4.16. The average molecular weight is 203 g/mol. The summed E-state index contributed by atoms with van der Waals surface area (Å²) in [6.07, 6.45) is 0. The fourth-order valence-corrected chi connectivity index (χ4v) is 1.08. The van der Waals surface area contributed by atoms with E-state index in [-0.39, 0.29) is 13.4 Å². The molecule has 1 aromatic carbocycles. The van der Waals surface area contributed by atoms with E-state index in [1.807, 2.05) is 0 Å². The molecule has 3 nitrogen and oxygen atoms in total. The summed E-state index contributed by atoms with van der Waals surface area (Å²) in [6.45, 7) is 0.0730. The van der Waals surface area contributed by atoms with Gasteiger partial charge in [0.1, 0.15) is 5.75 Å². The van der Waals surface area contributed by atoms with Crippen LogP contribution in [0.2, 0.25) is 5.02 Å². The Hall–Kier alpha value is -0.770. The van der Waals surface area contributed by atoms with E-state index in [0.717, 1.165) is 0 Å². The second-order valence-corrected chi connectivity index (χ2v) is 2.90. The SMILES string of the molecule is COCOc1cc(Cl)ccc1CO. The van der Waals surface area contributed by atoms with Crippen molar-refractivity contribution < 1.29 is 14.6 Å². The molecule has 1 aromatic rings. The maximum absolute atomic E-state index is 8.94. The molecule has 0 bridgehead atoms. The van der Waals surface area contributed by atoms with Gasteiger partial charge in [0.2, 0.25) is 0 Å². The van der Waals surface area contributed by atoms with E-state index in [2.05, 4.69) is 0 Å². The fourth-order valence-electron chi connectivity index (χ4n) is 0.916. The summed E-state index contributed by atoms with van der Waals surface area (Å²) in [5.41, 5.74) is 0.696. The van der Waals surface area contributed by atoms with Crippen LogP contribution in [0.15, 0.2) is 18.2 Å². The topological polar surface area (TPSA) is 38.7 Å². The van der Waals surface area contributed by atoms with E-state index in [4.69, 9.17) is 26.2 Å². The average Bonchev–Trinajstić information content (AvgIpc) is 2.15. The molecule has 0 aliphatic carbocycles. The minimum Gasteiger partial charge on any atom is -0.467 e. The second kappa shape index (κ2) is 5.07. The highest BCUT2D eigenvalue weighted by Gasteiger charge is 2.02. The maximum atomic E-state index is 8.94. The van der Waals surface area contributed by atoms with Crippen LogP contribution in [0.3, 0.4) is 0 Å². The maximum Gasteiger partial charge on any atom is 0.188 e. The van der Waals surface area contributed by atoms with E-state index in [0.29, 0.717) is 16.3 Å². The lowest BCUT2D eigenvalue weighted by atomic mass is 10.2. The van der Waals surface area contributed by atoms with Crippen molar-refractivity contribution in [2.45, 2.75) is 6.61 Å². The summed E-state index contributed by atoms with van der Waals surface area (Å²) in [6, 6.07) is 5.06. The molecule has 0 atom stereocenters. The third-order valence-electron chi connectivity index (χ3n) is 1.53. The van der Waals surface area contributed by atoms with Crippen molar-refractivity contribution in [3.05, 3.63) is 28.8 Å². The lowest BCUT2D eigenvalue weighted by Gasteiger charge is -2.08. The van der Waals surface area contributed by atoms with E-state index >= 15 is 0 Å². The predicted octanol–water partition coefficient (Wildman–Crippen LogP) is 1.81. The molecule has 0 aromatic heterocycles. The number of ether oxygens (including phenoxy) is 2. The fraction of sp³-hybridized carbons (Fsp3) is 0.333. The Bertz CT molecular complexity index is 276. The number of aliphatic hydroxyl groups is 1. The molecule has 0 aliphatic rings. The van der Waals surface area contributed by atoms with Gasteiger partial charge in [-0.05, 0) is 12.1 Å². The van der Waals surface area contributed by atoms with Gasteiger partial charge < -0.3 is 14.6 Å². The highest BCUT2D eigenvalue weighted by molar-refractivity contribution is 6.30. The van der Waals surface area contributed by atoms with Crippen LogP contribution < -0.4 is 4.74 Å². The van der Waals surface area contributed by atoms with Crippen molar-refractivity contribution in [2.75, 3.05) is 13.9 Å². The Morgan fingerprint density at radius 2 is 2.23 bits per heavy atom. The van der Waals surface area contributed by atoms with Gasteiger partial charge in [0, 0.05) is 17.7 Å². The van der Waals surface area contributed by atoms with Crippen LogP contribution in [-0.4, -0.2) is 19.0 Å². The molecule has 0 spiro atoms. The summed E-state index contributed by atoms with van der Waals surface area (Å²) in [5, 5.41) is 9.52. The van der Waals surface area contributed by atoms with Crippen molar-refractivity contribution >= 4 is 11.6 Å². The molecule has 0 heterocycles. The monoisotopic (exact) mass is 202 g/mol. The zero-order valence-electron chi connectivity index (χ0n) is 7.29. The molecule has 4 heteroatoms. The van der Waals surface area contributed by atoms with E-state index in [1.165, 1.54) is 7.11 Å². The summed E-state index contributed by atoms with van der Waals surface area (Å²) < 4.78 is 9.93. The largest absolute Gasteiger partial charge is 0.467 e. The smallest absolute Gasteiger partial charge is 0.188 e. The van der Waals surface area contributed by atoms with Crippen LogP contribution in [0.4, 0.5) is 0 Å². The van der Waals surface area contributed by atoms with Crippen LogP contribution in [0.1, 0.15) is 5.56 Å². The molecule has 0 aliphatic heterocycles. The molecule has 0 unspecified atom stereocenters. The molecule has 1 N–H and O–H groups in total. The van der Waals surface area contributed by atoms with Gasteiger partial charge in [-0.3, -0.25) is 0 Å². The third kappa shape index (κ3) is 2.88. The lowest BCUT2D eigenvalue weighted by Crippen LogP contribution is -2.01. The van der Waals surface area contributed by atoms with Gasteiger partial charge >= 0.3 is 0 Å². The Kier molecular flexibility index (Phi) is 4.02. The molecule has 13 heavy (non-hydrogen) atoms. The summed E-state index contributed by atoms with van der Waals surface area (Å²) in [5.74, 6) is 0.553. The molecular weight excluding hydrogens is 192 g/mol. The quantitative estimate of drug-likeness (QED) is 0.757. The first-order chi connectivity index (χ1) is 6.27. The van der Waals surface area contributed by atoms with Gasteiger partial charge in [0.15, 0.2) is 6.79 Å². The van der Waals surface area contributed by atoms with Crippen molar-refractivity contribution in [2.24, 2.45) is 0 Å². The predicted molar refractivity (Wildman–Crippen MR) is 49.9 cm³/mol. The van der Waals surface area contributed by atoms with Crippen LogP contribution in [0.5, 0.6) is 5.75 Å². The van der Waals surface area contributed by atoms with Crippen LogP contribution in [0, 0.1) is 0 Å². The van der Waals surface area contributed by atoms with Gasteiger partial charge in [-0.25, -0.2) is 0 Å². The molecule has 0 radical (unpaired) electrons. The lowest BCUT2D eigenvalue weighted by molar-refractivity contribution is 0.0495. The van der Waals surface area contributed by atoms with Gasteiger partial charge in [0.25, 0.3) is 0 Å². The first-order valence-electron chi connectivity index (χ1n) is 3.79. The number of halogens is 1. The molecule has 0 saturated carbocycles. The van der Waals surface area contributed by atoms with Crippen molar-refractivity contribution in [3.8, 4) is 5.75 Å². The van der Waals surface area contributed by atoms with E-state index in [9.17, 15) is 0 Å². The first kappa shape index (κ1) is 10.3. The van der Waals surface area contributed by atoms with E-state index < -0.39 is 0 Å². The third-order valence-corrected chi connectivity index (χ3v) is 1.77. The van der Waals surface area contributed by atoms with Crippen molar-refractivity contribution in [1.82, 2.24) is 0 Å². The van der Waals surface area contributed by atoms with Crippen molar-refractivity contribution in [1.29, 1.82) is 0 Å². The Labute approximate surface area is 81.9 Å². The molecular formula is C9H11ClO3. The van der Waals surface area contributed by atoms with Crippen LogP contribution in [-0.2, 0) is 11.3 Å². The minimum absolute atomic E-state index is 0.0732. The van der Waals surface area contributed by atoms with E-state index in [1.54, 1.807) is 18.2 Å². The highest BCUT2D eigenvalue weighted by atomic mass is 35.5. The van der Waals surface area contributed by atoms with Crippen LogP contribution >= 0.6 is 11.6 Å². The number of methoxy groups -OCH3 is 1. The number of hydrogen-bond acceptors (Lipinski definition) is 3. The number of benzene rings is 1. The van der Waals surface area contributed by atoms with Crippen molar-refractivity contribution in [3.63, 3.8) is 0 Å². The van der Waals surface area contributed by atoms with Gasteiger partial charge in [0.05, 0.1) is 6.61 Å². The molecule has 0 saturated heterocycles. The molecule has 0 fully saturated rings. The normalized spacial score (nSPS) is 10.1. The summed E-state index contributed by atoms with van der Waals surface area (Å²) in [7, 11) is 1.53. The Morgan fingerprint density at radius 1 is 1.46 bits per heavy atom.